The number of nitrogens with one attached hydrogen (secondary N) is 1. The van der Waals surface area contributed by atoms with E-state index in [0.717, 1.165) is 0 Å². The highest BCUT2D eigenvalue weighted by Crippen LogP contribution is 2.23. The van der Waals surface area contributed by atoms with Crippen LogP contribution in [0.5, 0.6) is 0 Å². The maximum Gasteiger partial charge on any atom is 0.413 e. The van der Waals surface area contributed by atoms with Gasteiger partial charge in [-0.25, -0.2) is 9.78 Å². The van der Waals surface area contributed by atoms with Crippen molar-refractivity contribution in [1.82, 2.24) is 4.98 Å². The van der Waals surface area contributed by atoms with Crippen LogP contribution in [-0.2, 0) is 41.1 Å². The van der Waals surface area contributed by atoms with Crippen LogP contribution in [0.2, 0.25) is 13.1 Å². The summed E-state index contributed by atoms with van der Waals surface area (Å²) in [5, 5.41) is 2.54. The molecule has 2 rings (SSSR count). The number of nitrogens with zero attached hydrogens (tertiary/aromatic N) is 1. The number of rotatable bonds is 8. The highest BCUT2D eigenvalue weighted by Gasteiger charge is 2.24. The van der Waals surface area contributed by atoms with Crippen molar-refractivity contribution in [2.24, 2.45) is 5.41 Å². The summed E-state index contributed by atoms with van der Waals surface area (Å²) in [5.74, 6) is 11.7. The van der Waals surface area contributed by atoms with Gasteiger partial charge in [0, 0.05) is 17.3 Å². The van der Waals surface area contributed by atoms with Crippen LogP contribution in [0.1, 0.15) is 63.8 Å². The fourth-order valence-corrected chi connectivity index (χ4v) is 4.35. The Bertz CT molecular complexity index is 1400. The van der Waals surface area contributed by atoms with Gasteiger partial charge in [-0.3, -0.25) is 14.9 Å². The number of amides is 1. The molecule has 0 aliphatic rings. The van der Waals surface area contributed by atoms with Crippen LogP contribution < -0.4 is 5.32 Å². The van der Waals surface area contributed by atoms with Crippen molar-refractivity contribution in [3.8, 4) is 23.7 Å². The van der Waals surface area contributed by atoms with E-state index in [-0.39, 0.29) is 36.9 Å². The van der Waals surface area contributed by atoms with Gasteiger partial charge >= 0.3 is 18.0 Å². The van der Waals surface area contributed by atoms with E-state index < -0.39 is 26.7 Å². The molecule has 10 heteroatoms. The number of carbonyl (C=O) groups excluding carboxylic acids is 3. The lowest BCUT2D eigenvalue weighted by atomic mass is 9.89. The van der Waals surface area contributed by atoms with Gasteiger partial charge in [0.25, 0.3) is 0 Å². The Labute approximate surface area is 256 Å². The minimum atomic E-state index is -0.958. The SMILES string of the molecule is COC(=O)Cc1cc(C#CCOC(=O)Cc2ccc(NC(=O)OC(C)(C)C)nc2)cc(C#CC(O[Si](C)C)C(C)(C)C)c1. The number of anilines is 1. The van der Waals surface area contributed by atoms with E-state index in [1.807, 2.05) is 12.1 Å². The molecule has 0 saturated carbocycles. The van der Waals surface area contributed by atoms with Crippen LogP contribution in [0.3, 0.4) is 0 Å². The molecular formula is C33H41N2O7Si. The summed E-state index contributed by atoms with van der Waals surface area (Å²) < 4.78 is 21.4. The summed E-state index contributed by atoms with van der Waals surface area (Å²) in [4.78, 5) is 40.3. The average Bonchev–Trinajstić information content (AvgIpc) is 2.88. The number of pyridine rings is 1. The van der Waals surface area contributed by atoms with Crippen molar-refractivity contribution in [3.05, 3.63) is 58.8 Å². The Hall–Kier alpha value is -4.12. The van der Waals surface area contributed by atoms with Gasteiger partial charge in [-0.05, 0) is 74.7 Å². The second-order valence-corrected chi connectivity index (χ2v) is 14.1. The maximum absolute atomic E-state index is 12.3. The first kappa shape index (κ1) is 35.1. The Morgan fingerprint density at radius 1 is 0.930 bits per heavy atom. The molecular weight excluding hydrogens is 564 g/mol. The van der Waals surface area contributed by atoms with Gasteiger partial charge in [-0.2, -0.15) is 0 Å². The molecule has 43 heavy (non-hydrogen) atoms. The van der Waals surface area contributed by atoms with Crippen LogP contribution >= 0.6 is 0 Å². The summed E-state index contributed by atoms with van der Waals surface area (Å²) in [5.41, 5.74) is 1.85. The van der Waals surface area contributed by atoms with Crippen molar-refractivity contribution in [2.75, 3.05) is 19.0 Å². The topological polar surface area (TPSA) is 113 Å². The van der Waals surface area contributed by atoms with Gasteiger partial charge in [-0.1, -0.05) is 50.5 Å². The first-order valence-corrected chi connectivity index (χ1v) is 16.2. The molecule has 1 atom stereocenters. The summed E-state index contributed by atoms with van der Waals surface area (Å²) >= 11 is 0. The normalized spacial score (nSPS) is 11.8. The smallest absolute Gasteiger partial charge is 0.413 e. The number of carbonyl (C=O) groups is 3. The molecule has 9 nitrogen and oxygen atoms in total. The van der Waals surface area contributed by atoms with Crippen molar-refractivity contribution in [2.45, 2.75) is 79.2 Å². The zero-order valence-electron chi connectivity index (χ0n) is 26.5. The Morgan fingerprint density at radius 2 is 1.58 bits per heavy atom. The number of esters is 2. The maximum atomic E-state index is 12.3. The fraction of sp³-hybridized carbons (Fsp3) is 0.455. The molecule has 1 N–H and O–H groups in total. The second-order valence-electron chi connectivity index (χ2n) is 12.0. The van der Waals surface area contributed by atoms with Crippen LogP contribution in [0, 0.1) is 29.1 Å². The molecule has 1 unspecified atom stereocenters. The molecule has 1 aromatic carbocycles. The standard InChI is InChI=1S/C33H41N2O7Si/c1-32(2,3)27(42-43(8)9)14-12-24-17-23(18-26(19-24)21-29(36)39-7)11-10-16-40-30(37)20-25-13-15-28(34-22-25)35-31(38)41-33(4,5)6/h13,15,17-19,22,27H,16,20-21H2,1-9H3,(H,34,35,38). The molecule has 229 valence electrons. The number of hydrogen-bond donors (Lipinski definition) is 1. The highest BCUT2D eigenvalue weighted by molar-refractivity contribution is 6.48. The van der Waals surface area contributed by atoms with Gasteiger partial charge in [-0.15, -0.1) is 0 Å². The third-order valence-corrected chi connectivity index (χ3v) is 6.10. The van der Waals surface area contributed by atoms with Crippen LogP contribution in [-0.4, -0.2) is 57.5 Å². The van der Waals surface area contributed by atoms with Gasteiger partial charge in [0.1, 0.15) is 17.5 Å². The van der Waals surface area contributed by atoms with Gasteiger partial charge in [0.05, 0.1) is 20.0 Å². The zero-order chi connectivity index (χ0) is 32.2. The summed E-state index contributed by atoms with van der Waals surface area (Å²) in [6.07, 6.45) is 0.683. The predicted octanol–water partition coefficient (Wildman–Crippen LogP) is 5.32. The largest absolute Gasteiger partial charge is 0.469 e. The van der Waals surface area contributed by atoms with E-state index in [0.29, 0.717) is 28.1 Å². The molecule has 1 aromatic heterocycles. The minimum absolute atomic E-state index is 0.00869. The first-order chi connectivity index (χ1) is 20.0. The Balaban J connectivity index is 2.07. The van der Waals surface area contributed by atoms with Gasteiger partial charge in [0.2, 0.25) is 9.04 Å². The molecule has 0 spiro atoms. The highest BCUT2D eigenvalue weighted by atomic mass is 28.3. The number of hydrogen-bond acceptors (Lipinski definition) is 8. The molecule has 1 amide bonds. The summed E-state index contributed by atoms with van der Waals surface area (Å²) in [6.45, 7) is 15.6. The van der Waals surface area contributed by atoms with Gasteiger partial charge < -0.3 is 18.6 Å². The zero-order valence-corrected chi connectivity index (χ0v) is 27.5. The monoisotopic (exact) mass is 605 g/mol. The fourth-order valence-electron chi connectivity index (χ4n) is 3.47. The Kier molecular flexibility index (Phi) is 13.0. The van der Waals surface area contributed by atoms with E-state index >= 15 is 0 Å². The summed E-state index contributed by atoms with van der Waals surface area (Å²) in [7, 11) is 0.382. The predicted molar refractivity (Wildman–Crippen MR) is 166 cm³/mol. The third-order valence-electron chi connectivity index (χ3n) is 5.40. The average molecular weight is 606 g/mol. The van der Waals surface area contributed by atoms with Gasteiger partial charge in [0.15, 0.2) is 6.61 Å². The molecule has 2 aromatic rings. The lowest BCUT2D eigenvalue weighted by molar-refractivity contribution is -0.141. The number of ether oxygens (including phenoxy) is 3. The number of methoxy groups -OCH3 is 1. The first-order valence-electron chi connectivity index (χ1n) is 13.8. The Morgan fingerprint density at radius 3 is 2.14 bits per heavy atom. The third kappa shape index (κ3) is 14.1. The molecule has 1 radical (unpaired) electrons. The molecule has 0 bridgehead atoms. The van der Waals surface area contributed by atoms with E-state index in [1.54, 1.807) is 39.0 Å². The van der Waals surface area contributed by atoms with E-state index in [1.165, 1.54) is 13.3 Å². The molecule has 0 aliphatic heterocycles. The lowest BCUT2D eigenvalue weighted by Crippen LogP contribution is -2.31. The summed E-state index contributed by atoms with van der Waals surface area (Å²) in [6, 6.07) is 8.69. The van der Waals surface area contributed by atoms with Crippen LogP contribution in [0.4, 0.5) is 10.6 Å². The van der Waals surface area contributed by atoms with E-state index in [9.17, 15) is 14.4 Å². The molecule has 1 heterocycles. The van der Waals surface area contributed by atoms with Crippen LogP contribution in [0.15, 0.2) is 36.5 Å². The second kappa shape index (κ2) is 15.9. The quantitative estimate of drug-likeness (QED) is 0.186. The lowest BCUT2D eigenvalue weighted by Gasteiger charge is -2.28. The van der Waals surface area contributed by atoms with E-state index in [2.05, 4.69) is 67.8 Å². The molecule has 0 fully saturated rings. The van der Waals surface area contributed by atoms with Crippen LogP contribution in [0.25, 0.3) is 0 Å². The van der Waals surface area contributed by atoms with Crippen molar-refractivity contribution in [1.29, 1.82) is 0 Å². The van der Waals surface area contributed by atoms with E-state index in [4.69, 9.17) is 18.6 Å². The van der Waals surface area contributed by atoms with Crippen molar-refractivity contribution >= 4 is 32.9 Å². The van der Waals surface area contributed by atoms with Crippen molar-refractivity contribution < 1.29 is 33.0 Å². The minimum Gasteiger partial charge on any atom is -0.469 e. The van der Waals surface area contributed by atoms with Crippen molar-refractivity contribution in [3.63, 3.8) is 0 Å². The number of aromatic nitrogens is 1. The molecule has 0 aliphatic carbocycles. The molecule has 0 saturated heterocycles. The number of benzene rings is 1.